The third-order valence-electron chi connectivity index (χ3n) is 4.48. The SMILES string of the molecule is Cc1noc(C2CCCN(S(=O)(=O)c3ccc(C(=O)NCC(F)(F)F)cc3)C2)n1. The number of sulfonamides is 1. The Balaban J connectivity index is 1.71. The Morgan fingerprint density at radius 2 is 2.00 bits per heavy atom. The fraction of sp³-hybridized carbons (Fsp3) is 0.471. The number of halogens is 3. The maximum atomic E-state index is 12.9. The molecule has 1 saturated heterocycles. The minimum atomic E-state index is -4.53. The molecular weight excluding hydrogens is 413 g/mol. The molecule has 2 aromatic rings. The van der Waals surface area contributed by atoms with Crippen molar-refractivity contribution in [1.82, 2.24) is 19.8 Å². The summed E-state index contributed by atoms with van der Waals surface area (Å²) in [6.45, 7) is 0.713. The van der Waals surface area contributed by atoms with Gasteiger partial charge in [-0.3, -0.25) is 4.79 Å². The fourth-order valence-electron chi connectivity index (χ4n) is 3.05. The van der Waals surface area contributed by atoms with Crippen LogP contribution in [-0.4, -0.2) is 54.6 Å². The molecule has 1 aliphatic rings. The number of hydrogen-bond acceptors (Lipinski definition) is 6. The molecule has 1 aliphatic heterocycles. The molecule has 0 radical (unpaired) electrons. The summed E-state index contributed by atoms with van der Waals surface area (Å²) in [6, 6.07) is 4.78. The van der Waals surface area contributed by atoms with Gasteiger partial charge in [0.25, 0.3) is 5.91 Å². The molecule has 1 aromatic heterocycles. The quantitative estimate of drug-likeness (QED) is 0.777. The van der Waals surface area contributed by atoms with Crippen LogP contribution in [0.1, 0.15) is 40.8 Å². The number of carbonyl (C=O) groups excluding carboxylic acids is 1. The van der Waals surface area contributed by atoms with E-state index in [4.69, 9.17) is 4.52 Å². The van der Waals surface area contributed by atoms with Gasteiger partial charge in [0.2, 0.25) is 15.9 Å². The number of amides is 1. The first-order valence-corrected chi connectivity index (χ1v) is 10.3. The summed E-state index contributed by atoms with van der Waals surface area (Å²) in [6.07, 6.45) is -3.20. The summed E-state index contributed by atoms with van der Waals surface area (Å²) in [5.74, 6) is -0.290. The Bertz CT molecular complexity index is 973. The molecule has 0 saturated carbocycles. The molecule has 0 aliphatic carbocycles. The van der Waals surface area contributed by atoms with E-state index >= 15 is 0 Å². The standard InChI is InChI=1S/C17H19F3N4O4S/c1-11-22-16(28-23-11)13-3-2-8-24(9-13)29(26,27)14-6-4-12(5-7-14)15(25)21-10-17(18,19)20/h4-7,13H,2-3,8-10H2,1H3,(H,21,25). The maximum Gasteiger partial charge on any atom is 0.405 e. The molecule has 3 rings (SSSR count). The zero-order valence-electron chi connectivity index (χ0n) is 15.4. The zero-order chi connectivity index (χ0) is 21.2. The van der Waals surface area contributed by atoms with Crippen molar-refractivity contribution in [2.24, 2.45) is 0 Å². The van der Waals surface area contributed by atoms with Crippen LogP contribution >= 0.6 is 0 Å². The van der Waals surface area contributed by atoms with Crippen LogP contribution in [-0.2, 0) is 10.0 Å². The molecule has 158 valence electrons. The number of benzene rings is 1. The van der Waals surface area contributed by atoms with Gasteiger partial charge in [0.05, 0.1) is 10.8 Å². The van der Waals surface area contributed by atoms with Crippen molar-refractivity contribution < 1.29 is 30.9 Å². The van der Waals surface area contributed by atoms with Gasteiger partial charge >= 0.3 is 6.18 Å². The van der Waals surface area contributed by atoms with Crippen molar-refractivity contribution in [1.29, 1.82) is 0 Å². The largest absolute Gasteiger partial charge is 0.405 e. The molecule has 8 nitrogen and oxygen atoms in total. The molecule has 1 unspecified atom stereocenters. The Hall–Kier alpha value is -2.47. The van der Waals surface area contributed by atoms with Crippen molar-refractivity contribution in [2.45, 2.75) is 36.8 Å². The van der Waals surface area contributed by atoms with Gasteiger partial charge in [0.15, 0.2) is 5.82 Å². The van der Waals surface area contributed by atoms with Crippen molar-refractivity contribution in [3.63, 3.8) is 0 Å². The van der Waals surface area contributed by atoms with Crippen LogP contribution in [0, 0.1) is 6.92 Å². The average Bonchev–Trinajstić information content (AvgIpc) is 3.12. The molecule has 12 heteroatoms. The highest BCUT2D eigenvalue weighted by molar-refractivity contribution is 7.89. The number of nitrogens with zero attached hydrogens (tertiary/aromatic N) is 3. The van der Waals surface area contributed by atoms with E-state index in [1.807, 2.05) is 0 Å². The third kappa shape index (κ3) is 5.12. The van der Waals surface area contributed by atoms with Crippen LogP contribution < -0.4 is 5.32 Å². The fourth-order valence-corrected chi connectivity index (χ4v) is 4.57. The number of rotatable bonds is 5. The molecular formula is C17H19F3N4O4S. The molecule has 0 spiro atoms. The highest BCUT2D eigenvalue weighted by Gasteiger charge is 2.33. The summed E-state index contributed by atoms with van der Waals surface area (Å²) in [7, 11) is -3.84. The molecule has 0 bridgehead atoms. The van der Waals surface area contributed by atoms with Gasteiger partial charge in [-0.25, -0.2) is 8.42 Å². The second-order valence-corrected chi connectivity index (χ2v) is 8.64. The van der Waals surface area contributed by atoms with E-state index in [1.54, 1.807) is 12.2 Å². The maximum absolute atomic E-state index is 12.9. The Labute approximate surface area is 165 Å². The van der Waals surface area contributed by atoms with Crippen molar-refractivity contribution in [3.8, 4) is 0 Å². The van der Waals surface area contributed by atoms with Crippen LogP contribution in [0.15, 0.2) is 33.7 Å². The Morgan fingerprint density at radius 1 is 1.31 bits per heavy atom. The summed E-state index contributed by atoms with van der Waals surface area (Å²) >= 11 is 0. The number of aryl methyl sites for hydroxylation is 1. The Kier molecular flexibility index (Phi) is 5.94. The minimum Gasteiger partial charge on any atom is -0.343 e. The van der Waals surface area contributed by atoms with E-state index < -0.39 is 28.7 Å². The summed E-state index contributed by atoms with van der Waals surface area (Å²) < 4.78 is 68.9. The summed E-state index contributed by atoms with van der Waals surface area (Å²) in [5, 5.41) is 5.47. The lowest BCUT2D eigenvalue weighted by Crippen LogP contribution is -2.39. The van der Waals surface area contributed by atoms with Gasteiger partial charge in [-0.1, -0.05) is 5.16 Å². The number of alkyl halides is 3. The van der Waals surface area contributed by atoms with E-state index in [9.17, 15) is 26.4 Å². The van der Waals surface area contributed by atoms with Crippen molar-refractivity contribution in [2.75, 3.05) is 19.6 Å². The van der Waals surface area contributed by atoms with Crippen molar-refractivity contribution >= 4 is 15.9 Å². The minimum absolute atomic E-state index is 0.0489. The average molecular weight is 432 g/mol. The van der Waals surface area contributed by atoms with E-state index in [-0.39, 0.29) is 22.9 Å². The van der Waals surface area contributed by atoms with E-state index in [1.165, 1.54) is 28.6 Å². The topological polar surface area (TPSA) is 105 Å². The van der Waals surface area contributed by atoms with Gasteiger partial charge in [0.1, 0.15) is 6.54 Å². The molecule has 29 heavy (non-hydrogen) atoms. The first-order valence-electron chi connectivity index (χ1n) is 8.81. The lowest BCUT2D eigenvalue weighted by molar-refractivity contribution is -0.123. The van der Waals surface area contributed by atoms with Crippen LogP contribution in [0.25, 0.3) is 0 Å². The molecule has 1 amide bonds. The van der Waals surface area contributed by atoms with Crippen LogP contribution in [0.3, 0.4) is 0 Å². The van der Waals surface area contributed by atoms with E-state index in [2.05, 4.69) is 10.1 Å². The van der Waals surface area contributed by atoms with E-state index in [0.717, 1.165) is 0 Å². The van der Waals surface area contributed by atoms with Gasteiger partial charge in [-0.05, 0) is 44.0 Å². The highest BCUT2D eigenvalue weighted by Crippen LogP contribution is 2.29. The summed E-state index contributed by atoms with van der Waals surface area (Å²) in [5.41, 5.74) is -0.0638. The number of hydrogen-bond donors (Lipinski definition) is 1. The summed E-state index contributed by atoms with van der Waals surface area (Å²) in [4.78, 5) is 15.9. The molecule has 1 N–H and O–H groups in total. The van der Waals surface area contributed by atoms with Crippen molar-refractivity contribution in [3.05, 3.63) is 41.5 Å². The Morgan fingerprint density at radius 3 is 2.59 bits per heavy atom. The molecule has 1 aromatic carbocycles. The predicted molar refractivity (Wildman–Crippen MR) is 94.6 cm³/mol. The second-order valence-electron chi connectivity index (χ2n) is 6.70. The van der Waals surface area contributed by atoms with Gasteiger partial charge < -0.3 is 9.84 Å². The predicted octanol–water partition coefficient (Wildman–Crippen LogP) is 2.24. The third-order valence-corrected chi connectivity index (χ3v) is 6.36. The van der Waals surface area contributed by atoms with Crippen LogP contribution in [0.5, 0.6) is 0 Å². The molecule has 2 heterocycles. The van der Waals surface area contributed by atoms with E-state index in [0.29, 0.717) is 31.1 Å². The second kappa shape index (κ2) is 8.11. The number of piperidine rings is 1. The van der Waals surface area contributed by atoms with Crippen LogP contribution in [0.2, 0.25) is 0 Å². The normalized spacial score (nSPS) is 18.6. The number of aromatic nitrogens is 2. The first kappa shape index (κ1) is 21.2. The van der Waals surface area contributed by atoms with Crippen LogP contribution in [0.4, 0.5) is 13.2 Å². The smallest absolute Gasteiger partial charge is 0.343 e. The molecule has 1 fully saturated rings. The van der Waals surface area contributed by atoms with Gasteiger partial charge in [-0.2, -0.15) is 22.5 Å². The number of nitrogens with one attached hydrogen (secondary N) is 1. The zero-order valence-corrected chi connectivity index (χ0v) is 16.3. The highest BCUT2D eigenvalue weighted by atomic mass is 32.2. The van der Waals surface area contributed by atoms with Gasteiger partial charge in [-0.15, -0.1) is 0 Å². The lowest BCUT2D eigenvalue weighted by atomic mass is 10.00. The monoisotopic (exact) mass is 432 g/mol. The lowest BCUT2D eigenvalue weighted by Gasteiger charge is -2.30. The molecule has 1 atom stereocenters. The first-order chi connectivity index (χ1) is 13.6. The van der Waals surface area contributed by atoms with Gasteiger partial charge in [0, 0.05) is 18.7 Å². The number of carbonyl (C=O) groups is 1.